The predicted octanol–water partition coefficient (Wildman–Crippen LogP) is 29.6. The molecule has 123 heavy (non-hydrogen) atoms. The van der Waals surface area contributed by atoms with Crippen molar-refractivity contribution in [2.75, 3.05) is 0 Å². The molecule has 0 aliphatic rings. The maximum absolute atomic E-state index is 10.2. The van der Waals surface area contributed by atoms with E-state index in [0.29, 0.717) is 0 Å². The van der Waals surface area contributed by atoms with E-state index in [-0.39, 0.29) is 121 Å². The van der Waals surface area contributed by atoms with Crippen LogP contribution in [0, 0.1) is 0 Å². The van der Waals surface area contributed by atoms with Crippen molar-refractivity contribution in [3.63, 3.8) is 0 Å². The maximum Gasteiger partial charge on any atom is 2.00 e. The summed E-state index contributed by atoms with van der Waals surface area (Å²) in [5.74, 6) is -5.42. The standard InChI is InChI=1S/6C18H36O2.Ba.Cu.Ni/c6*1-2-3-4-5-6-7-8-9-10-11-12-13-14-15-16-17-18(19)20;;;/h6*2-17H2,1H3,(H,19,20);;;/q;;;;;;3*+2/p-6. The zero-order chi connectivity index (χ0) is 89.3. The van der Waals surface area contributed by atoms with Gasteiger partial charge >= 0.3 is 82.4 Å². The molecular formula is C108H210BaCuNiO12. The molecule has 0 aromatic heterocycles. The summed E-state index contributed by atoms with van der Waals surface area (Å²) in [4.78, 5) is 61.3. The number of rotatable bonds is 96. The van der Waals surface area contributed by atoms with Crippen molar-refractivity contribution in [3.8, 4) is 0 Å². The molecule has 0 unspecified atom stereocenters. The SMILES string of the molecule is CCCCCCCCCCCCCCCCCC(=O)[O-].CCCCCCCCCCCCCCCCCC(=O)[O-].CCCCCCCCCCCCCCCCCC(=O)[O-].CCCCCCCCCCCCCCCCCC(=O)[O-].CCCCCCCCCCCCCCCCCC(=O)[O-].CCCCCCCCCCCCCCCCCC(=O)[O-].[Ba+2].[Cu+2].[Ni+2]. The normalized spacial score (nSPS) is 10.6. The summed E-state index contributed by atoms with van der Waals surface area (Å²) in [6, 6.07) is 0. The van der Waals surface area contributed by atoms with Crippen LogP contribution in [-0.4, -0.2) is 84.7 Å². The van der Waals surface area contributed by atoms with E-state index in [1.165, 1.54) is 501 Å². The second-order valence-electron chi connectivity index (χ2n) is 36.4. The van der Waals surface area contributed by atoms with Gasteiger partial charge in [0.05, 0.1) is 0 Å². The molecule has 0 N–H and O–H groups in total. The van der Waals surface area contributed by atoms with Crippen molar-refractivity contribution in [2.24, 2.45) is 0 Å². The van der Waals surface area contributed by atoms with Gasteiger partial charge in [0, 0.05) is 35.8 Å². The summed E-state index contributed by atoms with van der Waals surface area (Å²) >= 11 is 0. The van der Waals surface area contributed by atoms with E-state index in [1.807, 2.05) is 0 Å². The Morgan fingerprint density at radius 2 is 0.171 bits per heavy atom. The van der Waals surface area contributed by atoms with Crippen LogP contribution in [0.4, 0.5) is 0 Å². The molecule has 0 spiro atoms. The molecule has 0 rings (SSSR count). The van der Waals surface area contributed by atoms with Crippen molar-refractivity contribution in [2.45, 2.75) is 658 Å². The summed E-state index contributed by atoms with van der Waals surface area (Å²) in [5, 5.41) is 61.3. The van der Waals surface area contributed by atoms with Gasteiger partial charge in [0.2, 0.25) is 0 Å². The van der Waals surface area contributed by atoms with Crippen molar-refractivity contribution in [1.82, 2.24) is 0 Å². The van der Waals surface area contributed by atoms with Gasteiger partial charge in [-0.3, -0.25) is 0 Å². The second kappa shape index (κ2) is 137. The van der Waals surface area contributed by atoms with Crippen LogP contribution >= 0.6 is 0 Å². The van der Waals surface area contributed by atoms with Gasteiger partial charge in [0.15, 0.2) is 0 Å². The molecule has 0 aliphatic carbocycles. The van der Waals surface area contributed by atoms with Crippen LogP contribution in [0.2, 0.25) is 0 Å². The summed E-state index contributed by atoms with van der Waals surface area (Å²) < 4.78 is 0. The van der Waals surface area contributed by atoms with Gasteiger partial charge in [0.25, 0.3) is 0 Å². The van der Waals surface area contributed by atoms with Gasteiger partial charge < -0.3 is 59.4 Å². The Labute approximate surface area is 828 Å². The number of carbonyl (C=O) groups is 6. The van der Waals surface area contributed by atoms with E-state index in [1.54, 1.807) is 0 Å². The summed E-state index contributed by atoms with van der Waals surface area (Å²) in [6.07, 6.45) is 119. The Hall–Kier alpha value is -0.596. The fourth-order valence-corrected chi connectivity index (χ4v) is 15.8. The average molecular weight is 1960 g/mol. The quantitative estimate of drug-likeness (QED) is 0.0408. The molecule has 0 heterocycles. The van der Waals surface area contributed by atoms with Crippen LogP contribution in [0.25, 0.3) is 0 Å². The minimum absolute atomic E-state index is 0. The zero-order valence-electron chi connectivity index (χ0n) is 83.1. The summed E-state index contributed by atoms with van der Waals surface area (Å²) in [6.45, 7) is 13.6. The third-order valence-electron chi connectivity index (χ3n) is 23.9. The molecule has 12 nitrogen and oxygen atoms in total. The first kappa shape index (κ1) is 140. The molecule has 0 amide bonds. The first-order valence-electron chi connectivity index (χ1n) is 53.8. The number of carboxylic acids is 6. The average Bonchev–Trinajstić information content (AvgIpc) is 1.20. The smallest absolute Gasteiger partial charge is 0.550 e. The van der Waals surface area contributed by atoms with E-state index in [4.69, 9.17) is 0 Å². The number of hydrogen-bond donors (Lipinski definition) is 0. The third kappa shape index (κ3) is 168. The van der Waals surface area contributed by atoms with E-state index >= 15 is 0 Å². The van der Waals surface area contributed by atoms with E-state index in [2.05, 4.69) is 41.5 Å². The number of unbranched alkanes of at least 4 members (excludes halogenated alkanes) is 84. The fraction of sp³-hybridized carbons (Fsp3) is 0.944. The first-order chi connectivity index (χ1) is 58.6. The first-order valence-corrected chi connectivity index (χ1v) is 53.8. The van der Waals surface area contributed by atoms with Crippen LogP contribution in [0.1, 0.15) is 658 Å². The Bertz CT molecular complexity index is 1580. The van der Waals surface area contributed by atoms with Gasteiger partial charge in [0.1, 0.15) is 0 Å². The molecule has 0 aliphatic heterocycles. The Morgan fingerprint density at radius 1 is 0.122 bits per heavy atom. The molecule has 0 aromatic rings. The van der Waals surface area contributed by atoms with E-state index < -0.39 is 35.8 Å². The minimum Gasteiger partial charge on any atom is -0.550 e. The molecule has 737 valence electrons. The van der Waals surface area contributed by atoms with Gasteiger partial charge in [-0.15, -0.1) is 0 Å². The monoisotopic (exact) mass is 1960 g/mol. The number of aliphatic carboxylic acids is 6. The van der Waals surface area contributed by atoms with E-state index in [0.717, 1.165) is 77.0 Å². The molecule has 0 saturated carbocycles. The van der Waals surface area contributed by atoms with Crippen LogP contribution in [0.5, 0.6) is 0 Å². The van der Waals surface area contributed by atoms with Crippen molar-refractivity contribution in [3.05, 3.63) is 0 Å². The summed E-state index contributed by atoms with van der Waals surface area (Å²) in [7, 11) is 0. The number of carbonyl (C=O) groups excluding carboxylic acids is 6. The largest absolute Gasteiger partial charge is 2.00 e. The Morgan fingerprint density at radius 3 is 0.220 bits per heavy atom. The molecule has 0 atom stereocenters. The molecule has 0 aromatic carbocycles. The minimum atomic E-state index is -0.903. The maximum atomic E-state index is 10.2. The second-order valence-corrected chi connectivity index (χ2v) is 36.4. The van der Waals surface area contributed by atoms with E-state index in [9.17, 15) is 59.4 Å². The van der Waals surface area contributed by atoms with Gasteiger partial charge in [-0.2, -0.15) is 0 Å². The molecular weight excluding hydrogens is 1750 g/mol. The van der Waals surface area contributed by atoms with Gasteiger partial charge in [-0.05, 0) is 77.0 Å². The van der Waals surface area contributed by atoms with Crippen molar-refractivity contribution < 1.29 is 93.0 Å². The number of carboxylic acid groups (broad SMARTS) is 6. The molecule has 1 radical (unpaired) electrons. The van der Waals surface area contributed by atoms with Crippen LogP contribution in [0.3, 0.4) is 0 Å². The van der Waals surface area contributed by atoms with Crippen LogP contribution in [0.15, 0.2) is 0 Å². The zero-order valence-corrected chi connectivity index (χ0v) is 89.5. The van der Waals surface area contributed by atoms with Gasteiger partial charge in [-0.1, -0.05) is 581 Å². The van der Waals surface area contributed by atoms with Gasteiger partial charge in [-0.25, -0.2) is 0 Å². The molecule has 0 fully saturated rings. The predicted molar refractivity (Wildman–Crippen MR) is 513 cm³/mol. The van der Waals surface area contributed by atoms with Crippen molar-refractivity contribution >= 4 is 84.7 Å². The topological polar surface area (TPSA) is 241 Å². The molecule has 0 bridgehead atoms. The van der Waals surface area contributed by atoms with Crippen LogP contribution < -0.4 is 30.6 Å². The van der Waals surface area contributed by atoms with Crippen molar-refractivity contribution in [1.29, 1.82) is 0 Å². The third-order valence-corrected chi connectivity index (χ3v) is 23.9. The van der Waals surface area contributed by atoms with Crippen LogP contribution in [-0.2, 0) is 62.3 Å². The Kier molecular flexibility index (Phi) is 156. The Balaban J connectivity index is -0.000000180. The molecule has 15 heteroatoms. The fourth-order valence-electron chi connectivity index (χ4n) is 15.8. The molecule has 0 saturated heterocycles. The summed E-state index contributed by atoms with van der Waals surface area (Å²) in [5.41, 5.74) is 0. The number of hydrogen-bond acceptors (Lipinski definition) is 12.